The molecule has 0 aliphatic carbocycles. The maximum atomic E-state index is 3.37. The van der Waals surface area contributed by atoms with Crippen LogP contribution in [0.15, 0.2) is 18.2 Å². The van der Waals surface area contributed by atoms with Crippen molar-refractivity contribution in [2.75, 3.05) is 36.0 Å². The minimum Gasteiger partial charge on any atom is -0.370 e. The van der Waals surface area contributed by atoms with Crippen molar-refractivity contribution in [3.8, 4) is 0 Å². The summed E-state index contributed by atoms with van der Waals surface area (Å²) in [5.41, 5.74) is 4.22. The number of hydrogen-bond acceptors (Lipinski definition) is 3. The summed E-state index contributed by atoms with van der Waals surface area (Å²) >= 11 is 2.06. The highest BCUT2D eigenvalue weighted by Gasteiger charge is 2.12. The van der Waals surface area contributed by atoms with Crippen LogP contribution in [0.25, 0.3) is 0 Å². The largest absolute Gasteiger partial charge is 0.370 e. The third kappa shape index (κ3) is 3.39. The number of aryl methyl sites for hydroxylation is 1. The first kappa shape index (κ1) is 12.8. The number of nitrogens with zero attached hydrogens (tertiary/aromatic N) is 1. The molecule has 0 aromatic heterocycles. The van der Waals surface area contributed by atoms with E-state index in [1.54, 1.807) is 0 Å². The van der Waals surface area contributed by atoms with E-state index in [0.717, 1.165) is 13.1 Å². The molecule has 0 amide bonds. The SMILES string of the molecule is CCNCc1ccc(N2CCSCC2)c(C)c1. The van der Waals surface area contributed by atoms with E-state index in [-0.39, 0.29) is 0 Å². The molecule has 0 atom stereocenters. The summed E-state index contributed by atoms with van der Waals surface area (Å²) < 4.78 is 0. The van der Waals surface area contributed by atoms with Gasteiger partial charge in [-0.1, -0.05) is 19.1 Å². The Morgan fingerprint density at radius 3 is 2.71 bits per heavy atom. The molecule has 17 heavy (non-hydrogen) atoms. The standard InChI is InChI=1S/C14H22N2S/c1-3-15-11-13-4-5-14(12(2)10-13)16-6-8-17-9-7-16/h4-5,10,15H,3,6-9,11H2,1-2H3. The van der Waals surface area contributed by atoms with Crippen molar-refractivity contribution < 1.29 is 0 Å². The van der Waals surface area contributed by atoms with Gasteiger partial charge in [0.1, 0.15) is 0 Å². The quantitative estimate of drug-likeness (QED) is 0.884. The van der Waals surface area contributed by atoms with Crippen LogP contribution in [-0.4, -0.2) is 31.1 Å². The van der Waals surface area contributed by atoms with Crippen LogP contribution in [0.3, 0.4) is 0 Å². The number of rotatable bonds is 4. The molecule has 2 nitrogen and oxygen atoms in total. The Kier molecular flexibility index (Phi) is 4.75. The van der Waals surface area contributed by atoms with E-state index in [0.29, 0.717) is 0 Å². The Morgan fingerprint density at radius 1 is 1.29 bits per heavy atom. The van der Waals surface area contributed by atoms with E-state index in [2.05, 4.69) is 54.0 Å². The molecule has 1 saturated heterocycles. The smallest absolute Gasteiger partial charge is 0.0396 e. The Hall–Kier alpha value is -0.670. The summed E-state index contributed by atoms with van der Waals surface area (Å²) in [5, 5.41) is 3.37. The third-order valence-corrected chi connectivity index (χ3v) is 4.13. The molecule has 1 aliphatic rings. The van der Waals surface area contributed by atoms with Crippen LogP contribution >= 0.6 is 11.8 Å². The van der Waals surface area contributed by atoms with Crippen molar-refractivity contribution in [3.63, 3.8) is 0 Å². The van der Waals surface area contributed by atoms with Crippen LogP contribution in [0, 0.1) is 6.92 Å². The van der Waals surface area contributed by atoms with Crippen LogP contribution in [0.5, 0.6) is 0 Å². The van der Waals surface area contributed by atoms with Crippen LogP contribution in [-0.2, 0) is 6.54 Å². The summed E-state index contributed by atoms with van der Waals surface area (Å²) in [7, 11) is 0. The van der Waals surface area contributed by atoms with Crippen molar-refractivity contribution in [2.24, 2.45) is 0 Å². The zero-order valence-corrected chi connectivity index (χ0v) is 11.6. The molecule has 0 spiro atoms. The van der Waals surface area contributed by atoms with Gasteiger partial charge in [-0.3, -0.25) is 0 Å². The van der Waals surface area contributed by atoms with Gasteiger partial charge in [0.15, 0.2) is 0 Å². The molecule has 0 saturated carbocycles. The fraction of sp³-hybridized carbons (Fsp3) is 0.571. The van der Waals surface area contributed by atoms with Gasteiger partial charge in [0, 0.05) is 36.8 Å². The van der Waals surface area contributed by atoms with Gasteiger partial charge in [-0.25, -0.2) is 0 Å². The van der Waals surface area contributed by atoms with E-state index in [4.69, 9.17) is 0 Å². The van der Waals surface area contributed by atoms with E-state index >= 15 is 0 Å². The summed E-state index contributed by atoms with van der Waals surface area (Å²) in [4.78, 5) is 2.52. The lowest BCUT2D eigenvalue weighted by molar-refractivity contribution is 0.726. The van der Waals surface area contributed by atoms with Gasteiger partial charge in [-0.15, -0.1) is 0 Å². The first-order valence-electron chi connectivity index (χ1n) is 6.44. The average molecular weight is 250 g/mol. The molecular weight excluding hydrogens is 228 g/mol. The maximum absolute atomic E-state index is 3.37. The molecule has 1 fully saturated rings. The number of anilines is 1. The Morgan fingerprint density at radius 2 is 2.06 bits per heavy atom. The van der Waals surface area contributed by atoms with Gasteiger partial charge < -0.3 is 10.2 Å². The minimum atomic E-state index is 0.980. The fourth-order valence-electron chi connectivity index (χ4n) is 2.26. The zero-order chi connectivity index (χ0) is 12.1. The van der Waals surface area contributed by atoms with Crippen LogP contribution in [0.2, 0.25) is 0 Å². The predicted octanol–water partition coefficient (Wildman–Crippen LogP) is 2.66. The Bertz CT molecular complexity index is 359. The highest BCUT2D eigenvalue weighted by atomic mass is 32.2. The average Bonchev–Trinajstić information content (AvgIpc) is 2.37. The molecule has 94 valence electrons. The van der Waals surface area contributed by atoms with E-state index in [1.165, 1.54) is 41.4 Å². The highest BCUT2D eigenvalue weighted by Crippen LogP contribution is 2.24. The molecule has 1 aliphatic heterocycles. The first-order valence-corrected chi connectivity index (χ1v) is 7.59. The number of benzene rings is 1. The van der Waals surface area contributed by atoms with E-state index < -0.39 is 0 Å². The van der Waals surface area contributed by atoms with Gasteiger partial charge in [0.2, 0.25) is 0 Å². The predicted molar refractivity (Wildman–Crippen MR) is 78.1 cm³/mol. The molecule has 1 N–H and O–H groups in total. The molecule has 0 bridgehead atoms. The summed E-state index contributed by atoms with van der Waals surface area (Å²) in [5.74, 6) is 2.52. The van der Waals surface area contributed by atoms with Gasteiger partial charge in [-0.05, 0) is 30.7 Å². The lowest BCUT2D eigenvalue weighted by Crippen LogP contribution is -2.32. The normalized spacial score (nSPS) is 16.2. The Labute approximate surface area is 109 Å². The second-order valence-electron chi connectivity index (χ2n) is 4.50. The molecular formula is C14H22N2S. The molecule has 0 unspecified atom stereocenters. The van der Waals surface area contributed by atoms with Crippen molar-refractivity contribution in [1.82, 2.24) is 5.32 Å². The van der Waals surface area contributed by atoms with E-state index in [1.807, 2.05) is 0 Å². The van der Waals surface area contributed by atoms with Crippen LogP contribution < -0.4 is 10.2 Å². The maximum Gasteiger partial charge on any atom is 0.0396 e. The number of nitrogens with one attached hydrogen (secondary N) is 1. The van der Waals surface area contributed by atoms with Crippen LogP contribution in [0.1, 0.15) is 18.1 Å². The first-order chi connectivity index (χ1) is 8.31. The molecule has 1 aromatic rings. The van der Waals surface area contributed by atoms with Crippen molar-refractivity contribution in [1.29, 1.82) is 0 Å². The summed E-state index contributed by atoms with van der Waals surface area (Å²) in [6, 6.07) is 6.87. The highest BCUT2D eigenvalue weighted by molar-refractivity contribution is 7.99. The monoisotopic (exact) mass is 250 g/mol. The topological polar surface area (TPSA) is 15.3 Å². The van der Waals surface area contributed by atoms with Crippen LogP contribution in [0.4, 0.5) is 5.69 Å². The van der Waals surface area contributed by atoms with Gasteiger partial charge in [-0.2, -0.15) is 11.8 Å². The van der Waals surface area contributed by atoms with Gasteiger partial charge in [0.25, 0.3) is 0 Å². The summed E-state index contributed by atoms with van der Waals surface area (Å²) in [6.07, 6.45) is 0. The molecule has 3 heteroatoms. The van der Waals surface area contributed by atoms with Crippen molar-refractivity contribution in [3.05, 3.63) is 29.3 Å². The summed E-state index contributed by atoms with van der Waals surface area (Å²) in [6.45, 7) is 8.77. The van der Waals surface area contributed by atoms with E-state index in [9.17, 15) is 0 Å². The number of hydrogen-bond donors (Lipinski definition) is 1. The second kappa shape index (κ2) is 6.31. The minimum absolute atomic E-state index is 0.980. The third-order valence-electron chi connectivity index (χ3n) is 3.19. The lowest BCUT2D eigenvalue weighted by atomic mass is 10.1. The molecule has 0 radical (unpaired) electrons. The molecule has 2 rings (SSSR count). The lowest BCUT2D eigenvalue weighted by Gasteiger charge is -2.30. The number of thioether (sulfide) groups is 1. The second-order valence-corrected chi connectivity index (χ2v) is 5.73. The van der Waals surface area contributed by atoms with Crippen molar-refractivity contribution >= 4 is 17.4 Å². The van der Waals surface area contributed by atoms with Gasteiger partial charge in [0.05, 0.1) is 0 Å². The molecule has 1 aromatic carbocycles. The van der Waals surface area contributed by atoms with Gasteiger partial charge >= 0.3 is 0 Å². The Balaban J connectivity index is 2.07. The fourth-order valence-corrected chi connectivity index (χ4v) is 3.16. The van der Waals surface area contributed by atoms with Crippen molar-refractivity contribution in [2.45, 2.75) is 20.4 Å². The molecule has 1 heterocycles. The zero-order valence-electron chi connectivity index (χ0n) is 10.8.